The summed E-state index contributed by atoms with van der Waals surface area (Å²) in [5.41, 5.74) is 11.4. The normalized spacial score (nSPS) is 11.4. The molecule has 0 fully saturated rings. The highest BCUT2D eigenvalue weighted by Crippen LogP contribution is 2.30. The SMILES string of the molecule is Cc1cc(-c2cc(-c3ccc4cc5ccccc5n4c3)ccc2C)[n+](C)cc1C. The van der Waals surface area contributed by atoms with E-state index in [1.807, 2.05) is 0 Å². The van der Waals surface area contributed by atoms with E-state index in [2.05, 4.69) is 116 Å². The van der Waals surface area contributed by atoms with Gasteiger partial charge in [0.25, 0.3) is 0 Å². The van der Waals surface area contributed by atoms with Crippen LogP contribution < -0.4 is 4.57 Å². The van der Waals surface area contributed by atoms with Crippen molar-refractivity contribution in [2.75, 3.05) is 0 Å². The number of pyridine rings is 2. The molecule has 5 rings (SSSR count). The molecule has 0 atom stereocenters. The summed E-state index contributed by atoms with van der Waals surface area (Å²) in [7, 11) is 2.13. The Labute approximate surface area is 171 Å². The molecule has 5 aromatic rings. The fourth-order valence-electron chi connectivity index (χ4n) is 4.23. The van der Waals surface area contributed by atoms with Crippen molar-refractivity contribution in [1.29, 1.82) is 0 Å². The quantitative estimate of drug-likeness (QED) is 0.325. The Morgan fingerprint density at radius 1 is 0.724 bits per heavy atom. The van der Waals surface area contributed by atoms with Gasteiger partial charge in [-0.15, -0.1) is 0 Å². The van der Waals surface area contributed by atoms with Crippen LogP contribution in [0.15, 0.2) is 79.1 Å². The Balaban J connectivity index is 1.69. The van der Waals surface area contributed by atoms with Crippen LogP contribution in [0.25, 0.3) is 38.8 Å². The number of nitrogens with zero attached hydrogens (tertiary/aromatic N) is 2. The molecular weight excluding hydrogens is 352 g/mol. The Morgan fingerprint density at radius 2 is 1.52 bits per heavy atom. The van der Waals surface area contributed by atoms with E-state index in [4.69, 9.17) is 0 Å². The first-order valence-corrected chi connectivity index (χ1v) is 10.1. The summed E-state index contributed by atoms with van der Waals surface area (Å²) in [4.78, 5) is 0. The second kappa shape index (κ2) is 6.59. The first-order chi connectivity index (χ1) is 14.0. The summed E-state index contributed by atoms with van der Waals surface area (Å²) in [6, 6.07) is 24.3. The molecule has 0 radical (unpaired) electrons. The van der Waals surface area contributed by atoms with Crippen molar-refractivity contribution in [3.05, 3.63) is 95.8 Å². The molecule has 2 nitrogen and oxygen atoms in total. The van der Waals surface area contributed by atoms with Crippen LogP contribution in [-0.2, 0) is 7.05 Å². The van der Waals surface area contributed by atoms with Crippen molar-refractivity contribution in [3.63, 3.8) is 0 Å². The molecule has 0 aliphatic rings. The highest BCUT2D eigenvalue weighted by Gasteiger charge is 2.15. The number of para-hydroxylation sites is 1. The van der Waals surface area contributed by atoms with Crippen LogP contribution in [0.5, 0.6) is 0 Å². The molecule has 0 saturated heterocycles. The largest absolute Gasteiger partial charge is 0.316 e. The van der Waals surface area contributed by atoms with Gasteiger partial charge in [-0.2, -0.15) is 0 Å². The summed E-state index contributed by atoms with van der Waals surface area (Å²) in [5, 5.41) is 1.27. The van der Waals surface area contributed by atoms with Gasteiger partial charge in [-0.05, 0) is 67.3 Å². The predicted octanol–water partition coefficient (Wildman–Crippen LogP) is 6.18. The summed E-state index contributed by atoms with van der Waals surface area (Å²) in [5.74, 6) is 0. The average molecular weight is 378 g/mol. The van der Waals surface area contributed by atoms with E-state index < -0.39 is 0 Å². The molecule has 29 heavy (non-hydrogen) atoms. The maximum Gasteiger partial charge on any atom is 0.212 e. The van der Waals surface area contributed by atoms with Gasteiger partial charge in [0.15, 0.2) is 6.20 Å². The lowest BCUT2D eigenvalue weighted by molar-refractivity contribution is -0.660. The molecule has 2 aromatic carbocycles. The van der Waals surface area contributed by atoms with Crippen molar-refractivity contribution >= 4 is 16.4 Å². The standard InChI is InChI=1S/C27H25N2/c1-18-9-10-21(15-25(18)27-13-19(2)20(3)16-28(27)4)23-11-12-24-14-22-7-5-6-8-26(22)29(24)17-23/h5-17H,1-4H3/q+1. The zero-order chi connectivity index (χ0) is 20.1. The fourth-order valence-corrected chi connectivity index (χ4v) is 4.23. The van der Waals surface area contributed by atoms with Crippen molar-refractivity contribution in [2.45, 2.75) is 20.8 Å². The molecule has 0 bridgehead atoms. The first-order valence-electron chi connectivity index (χ1n) is 10.1. The molecule has 0 aliphatic heterocycles. The second-order valence-corrected chi connectivity index (χ2v) is 8.08. The van der Waals surface area contributed by atoms with Gasteiger partial charge in [0, 0.05) is 34.3 Å². The maximum atomic E-state index is 2.33. The molecule has 0 aliphatic carbocycles. The Kier molecular flexibility index (Phi) is 4.02. The Hall–Kier alpha value is -3.39. The number of rotatable bonds is 2. The lowest BCUT2D eigenvalue weighted by Crippen LogP contribution is -2.31. The van der Waals surface area contributed by atoms with Crippen LogP contribution >= 0.6 is 0 Å². The van der Waals surface area contributed by atoms with Crippen LogP contribution in [0.3, 0.4) is 0 Å². The lowest BCUT2D eigenvalue weighted by Gasteiger charge is -2.10. The van der Waals surface area contributed by atoms with Gasteiger partial charge < -0.3 is 4.40 Å². The van der Waals surface area contributed by atoms with Crippen molar-refractivity contribution in [1.82, 2.24) is 4.40 Å². The van der Waals surface area contributed by atoms with E-state index in [0.717, 1.165) is 0 Å². The third-order valence-corrected chi connectivity index (χ3v) is 6.07. The van der Waals surface area contributed by atoms with Gasteiger partial charge in [-0.25, -0.2) is 4.57 Å². The lowest BCUT2D eigenvalue weighted by atomic mass is 9.97. The zero-order valence-corrected chi connectivity index (χ0v) is 17.4. The molecule has 0 spiro atoms. The van der Waals surface area contributed by atoms with Crippen LogP contribution in [0, 0.1) is 20.8 Å². The number of benzene rings is 2. The Bertz CT molecular complexity index is 1390. The molecular formula is C27H25N2+. The molecule has 142 valence electrons. The van der Waals surface area contributed by atoms with Gasteiger partial charge in [0.05, 0.1) is 5.52 Å². The number of hydrogen-bond donors (Lipinski definition) is 0. The molecule has 0 amide bonds. The summed E-state index contributed by atoms with van der Waals surface area (Å²) < 4.78 is 4.53. The van der Waals surface area contributed by atoms with Crippen LogP contribution in [0.4, 0.5) is 0 Å². The summed E-state index contributed by atoms with van der Waals surface area (Å²) in [6.45, 7) is 6.54. The summed E-state index contributed by atoms with van der Waals surface area (Å²) >= 11 is 0. The minimum atomic E-state index is 1.22. The molecule has 0 unspecified atom stereocenters. The monoisotopic (exact) mass is 377 g/mol. The maximum absolute atomic E-state index is 2.33. The van der Waals surface area contributed by atoms with Crippen LogP contribution in [0.1, 0.15) is 16.7 Å². The van der Waals surface area contributed by atoms with E-state index >= 15 is 0 Å². The topological polar surface area (TPSA) is 8.29 Å². The van der Waals surface area contributed by atoms with Gasteiger partial charge in [-0.1, -0.05) is 36.4 Å². The summed E-state index contributed by atoms with van der Waals surface area (Å²) in [6.07, 6.45) is 4.47. The number of aryl methyl sites for hydroxylation is 4. The number of aromatic nitrogens is 2. The third kappa shape index (κ3) is 2.92. The highest BCUT2D eigenvalue weighted by molar-refractivity contribution is 5.88. The van der Waals surface area contributed by atoms with E-state index in [1.165, 1.54) is 55.5 Å². The number of hydrogen-bond acceptors (Lipinski definition) is 0. The van der Waals surface area contributed by atoms with E-state index in [9.17, 15) is 0 Å². The van der Waals surface area contributed by atoms with Crippen molar-refractivity contribution < 1.29 is 4.57 Å². The van der Waals surface area contributed by atoms with Crippen LogP contribution in [0.2, 0.25) is 0 Å². The van der Waals surface area contributed by atoms with Gasteiger partial charge in [0.2, 0.25) is 5.69 Å². The first kappa shape index (κ1) is 17.7. The van der Waals surface area contributed by atoms with E-state index in [1.54, 1.807) is 0 Å². The molecule has 0 N–H and O–H groups in total. The van der Waals surface area contributed by atoms with Crippen molar-refractivity contribution in [3.8, 4) is 22.4 Å². The van der Waals surface area contributed by atoms with Gasteiger partial charge in [0.1, 0.15) is 7.05 Å². The molecule has 3 aromatic heterocycles. The molecule has 3 heterocycles. The third-order valence-electron chi connectivity index (χ3n) is 6.07. The highest BCUT2D eigenvalue weighted by atomic mass is 14.9. The predicted molar refractivity (Wildman–Crippen MR) is 121 cm³/mol. The fraction of sp³-hybridized carbons (Fsp3) is 0.148. The smallest absolute Gasteiger partial charge is 0.212 e. The van der Waals surface area contributed by atoms with Crippen molar-refractivity contribution in [2.24, 2.45) is 7.05 Å². The zero-order valence-electron chi connectivity index (χ0n) is 17.4. The van der Waals surface area contributed by atoms with Gasteiger partial charge in [-0.3, -0.25) is 0 Å². The van der Waals surface area contributed by atoms with Crippen LogP contribution in [-0.4, -0.2) is 4.40 Å². The van der Waals surface area contributed by atoms with Gasteiger partial charge >= 0.3 is 0 Å². The Morgan fingerprint density at radius 3 is 2.38 bits per heavy atom. The van der Waals surface area contributed by atoms with E-state index in [0.29, 0.717) is 0 Å². The molecule has 0 saturated carbocycles. The van der Waals surface area contributed by atoms with E-state index in [-0.39, 0.29) is 0 Å². The number of fused-ring (bicyclic) bond motifs is 3. The second-order valence-electron chi connectivity index (χ2n) is 8.08. The minimum Gasteiger partial charge on any atom is -0.316 e. The average Bonchev–Trinajstić information content (AvgIpc) is 3.09. The molecule has 2 heteroatoms. The minimum absolute atomic E-state index is 1.22.